The topological polar surface area (TPSA) is 29.0 Å². The van der Waals surface area contributed by atoms with E-state index in [-0.39, 0.29) is 0 Å². The molecule has 3 nitrogen and oxygen atoms in total. The summed E-state index contributed by atoms with van der Waals surface area (Å²) in [6, 6.07) is 0. The normalized spacial score (nSPS) is 15.4. The standard InChI is InChI=1S/C11H16ClN3/c1-3-15(6-9-4-5-9)11-8(2)10(12)13-7-14-11/h7,9H,3-6H2,1-2H3. The van der Waals surface area contributed by atoms with Gasteiger partial charge in [0, 0.05) is 18.7 Å². The van der Waals surface area contributed by atoms with Crippen molar-refractivity contribution in [3.05, 3.63) is 17.0 Å². The Morgan fingerprint density at radius 3 is 2.80 bits per heavy atom. The second-order valence-electron chi connectivity index (χ2n) is 4.10. The molecule has 0 bridgehead atoms. The number of anilines is 1. The van der Waals surface area contributed by atoms with Gasteiger partial charge >= 0.3 is 0 Å². The van der Waals surface area contributed by atoms with E-state index in [2.05, 4.69) is 21.8 Å². The summed E-state index contributed by atoms with van der Waals surface area (Å²) in [6.45, 7) is 6.21. The molecule has 0 N–H and O–H groups in total. The number of rotatable bonds is 4. The fraction of sp³-hybridized carbons (Fsp3) is 0.636. The lowest BCUT2D eigenvalue weighted by Gasteiger charge is -2.23. The number of halogens is 1. The number of nitrogens with zero attached hydrogens (tertiary/aromatic N) is 3. The predicted octanol–water partition coefficient (Wildman–Crippen LogP) is 2.67. The molecule has 15 heavy (non-hydrogen) atoms. The Balaban J connectivity index is 2.20. The first-order chi connectivity index (χ1) is 7.22. The quantitative estimate of drug-likeness (QED) is 0.738. The van der Waals surface area contributed by atoms with Gasteiger partial charge in [0.25, 0.3) is 0 Å². The summed E-state index contributed by atoms with van der Waals surface area (Å²) in [7, 11) is 0. The van der Waals surface area contributed by atoms with Crippen molar-refractivity contribution >= 4 is 17.4 Å². The van der Waals surface area contributed by atoms with Gasteiger partial charge in [0.05, 0.1) is 0 Å². The largest absolute Gasteiger partial charge is 0.356 e. The van der Waals surface area contributed by atoms with Crippen molar-refractivity contribution in [2.45, 2.75) is 26.7 Å². The summed E-state index contributed by atoms with van der Waals surface area (Å²) >= 11 is 5.99. The summed E-state index contributed by atoms with van der Waals surface area (Å²) in [5, 5.41) is 0.564. The zero-order chi connectivity index (χ0) is 10.8. The lowest BCUT2D eigenvalue weighted by Crippen LogP contribution is -2.27. The summed E-state index contributed by atoms with van der Waals surface area (Å²) < 4.78 is 0. The van der Waals surface area contributed by atoms with Crippen LogP contribution in [-0.4, -0.2) is 23.1 Å². The van der Waals surface area contributed by atoms with Crippen molar-refractivity contribution in [2.24, 2.45) is 5.92 Å². The van der Waals surface area contributed by atoms with Crippen LogP contribution in [-0.2, 0) is 0 Å². The molecule has 4 heteroatoms. The van der Waals surface area contributed by atoms with Gasteiger partial charge in [-0.05, 0) is 32.6 Å². The van der Waals surface area contributed by atoms with Gasteiger partial charge in [-0.1, -0.05) is 11.6 Å². The highest BCUT2D eigenvalue weighted by Crippen LogP contribution is 2.32. The average molecular weight is 226 g/mol. The first-order valence-electron chi connectivity index (χ1n) is 5.44. The third kappa shape index (κ3) is 2.40. The SMILES string of the molecule is CCN(CC1CC1)c1ncnc(Cl)c1C. The van der Waals surface area contributed by atoms with E-state index in [0.29, 0.717) is 5.15 Å². The molecule has 0 saturated heterocycles. The fourth-order valence-electron chi connectivity index (χ4n) is 1.72. The fourth-order valence-corrected chi connectivity index (χ4v) is 1.84. The second-order valence-corrected chi connectivity index (χ2v) is 4.45. The van der Waals surface area contributed by atoms with Crippen LogP contribution in [0.25, 0.3) is 0 Å². The number of aromatic nitrogens is 2. The summed E-state index contributed by atoms with van der Waals surface area (Å²) in [5.74, 6) is 1.85. The van der Waals surface area contributed by atoms with E-state index in [1.165, 1.54) is 12.8 Å². The molecular weight excluding hydrogens is 210 g/mol. The molecule has 1 aromatic heterocycles. The van der Waals surface area contributed by atoms with E-state index in [9.17, 15) is 0 Å². The van der Waals surface area contributed by atoms with E-state index in [4.69, 9.17) is 11.6 Å². The van der Waals surface area contributed by atoms with E-state index in [1.807, 2.05) is 6.92 Å². The molecular formula is C11H16ClN3. The Labute approximate surface area is 95.5 Å². The Bertz CT molecular complexity index is 350. The van der Waals surface area contributed by atoms with Crippen LogP contribution < -0.4 is 4.90 Å². The van der Waals surface area contributed by atoms with Crippen LogP contribution >= 0.6 is 11.6 Å². The lowest BCUT2D eigenvalue weighted by molar-refractivity contribution is 0.727. The summed E-state index contributed by atoms with van der Waals surface area (Å²) in [6.07, 6.45) is 4.25. The Morgan fingerprint density at radius 2 is 2.20 bits per heavy atom. The highest BCUT2D eigenvalue weighted by atomic mass is 35.5. The van der Waals surface area contributed by atoms with E-state index < -0.39 is 0 Å². The van der Waals surface area contributed by atoms with Crippen LogP contribution in [0.1, 0.15) is 25.3 Å². The van der Waals surface area contributed by atoms with Crippen molar-refractivity contribution in [1.29, 1.82) is 0 Å². The predicted molar refractivity (Wildman–Crippen MR) is 62.4 cm³/mol. The highest BCUT2D eigenvalue weighted by molar-refractivity contribution is 6.30. The van der Waals surface area contributed by atoms with Gasteiger partial charge < -0.3 is 4.90 Å². The lowest BCUT2D eigenvalue weighted by atomic mass is 10.3. The molecule has 1 aliphatic rings. The van der Waals surface area contributed by atoms with Crippen molar-refractivity contribution in [1.82, 2.24) is 9.97 Å². The monoisotopic (exact) mass is 225 g/mol. The maximum Gasteiger partial charge on any atom is 0.137 e. The first kappa shape index (κ1) is 10.7. The zero-order valence-corrected chi connectivity index (χ0v) is 9.96. The smallest absolute Gasteiger partial charge is 0.137 e. The minimum absolute atomic E-state index is 0.564. The number of hydrogen-bond acceptors (Lipinski definition) is 3. The third-order valence-electron chi connectivity index (χ3n) is 2.85. The molecule has 0 aromatic carbocycles. The zero-order valence-electron chi connectivity index (χ0n) is 9.20. The van der Waals surface area contributed by atoms with Gasteiger partial charge in [0.1, 0.15) is 17.3 Å². The van der Waals surface area contributed by atoms with Crippen molar-refractivity contribution in [3.8, 4) is 0 Å². The Kier molecular flexibility index (Phi) is 3.10. The van der Waals surface area contributed by atoms with Crippen LogP contribution in [0.4, 0.5) is 5.82 Å². The van der Waals surface area contributed by atoms with Gasteiger partial charge in [0.15, 0.2) is 0 Å². The molecule has 1 saturated carbocycles. The van der Waals surface area contributed by atoms with Crippen LogP contribution in [0.2, 0.25) is 5.15 Å². The molecule has 0 atom stereocenters. The molecule has 0 unspecified atom stereocenters. The highest BCUT2D eigenvalue weighted by Gasteiger charge is 2.25. The molecule has 1 aromatic rings. The van der Waals surface area contributed by atoms with Crippen LogP contribution in [0.15, 0.2) is 6.33 Å². The van der Waals surface area contributed by atoms with Crippen molar-refractivity contribution < 1.29 is 0 Å². The van der Waals surface area contributed by atoms with E-state index in [0.717, 1.165) is 30.4 Å². The Morgan fingerprint density at radius 1 is 1.47 bits per heavy atom. The molecule has 0 aliphatic heterocycles. The van der Waals surface area contributed by atoms with Crippen LogP contribution in [0, 0.1) is 12.8 Å². The van der Waals surface area contributed by atoms with Gasteiger partial charge in [-0.3, -0.25) is 0 Å². The van der Waals surface area contributed by atoms with Gasteiger partial charge in [-0.15, -0.1) is 0 Å². The summed E-state index contributed by atoms with van der Waals surface area (Å²) in [4.78, 5) is 10.6. The molecule has 2 rings (SSSR count). The van der Waals surface area contributed by atoms with Crippen LogP contribution in [0.3, 0.4) is 0 Å². The molecule has 1 fully saturated rings. The van der Waals surface area contributed by atoms with Crippen LogP contribution in [0.5, 0.6) is 0 Å². The van der Waals surface area contributed by atoms with Crippen molar-refractivity contribution in [2.75, 3.05) is 18.0 Å². The average Bonchev–Trinajstić information content (AvgIpc) is 3.03. The third-order valence-corrected chi connectivity index (χ3v) is 3.23. The minimum Gasteiger partial charge on any atom is -0.356 e. The maximum atomic E-state index is 5.99. The molecule has 0 spiro atoms. The summed E-state index contributed by atoms with van der Waals surface area (Å²) in [5.41, 5.74) is 0.988. The van der Waals surface area contributed by atoms with E-state index >= 15 is 0 Å². The van der Waals surface area contributed by atoms with Gasteiger partial charge in [-0.25, -0.2) is 9.97 Å². The van der Waals surface area contributed by atoms with E-state index in [1.54, 1.807) is 6.33 Å². The maximum absolute atomic E-state index is 5.99. The molecule has 0 radical (unpaired) electrons. The van der Waals surface area contributed by atoms with Gasteiger partial charge in [0.2, 0.25) is 0 Å². The Hall–Kier alpha value is -0.830. The van der Waals surface area contributed by atoms with Crippen molar-refractivity contribution in [3.63, 3.8) is 0 Å². The molecule has 1 heterocycles. The number of hydrogen-bond donors (Lipinski definition) is 0. The van der Waals surface area contributed by atoms with Gasteiger partial charge in [-0.2, -0.15) is 0 Å². The molecule has 1 aliphatic carbocycles. The second kappa shape index (κ2) is 4.35. The first-order valence-corrected chi connectivity index (χ1v) is 5.82. The minimum atomic E-state index is 0.564. The molecule has 0 amide bonds. The molecule has 82 valence electrons.